The number of rotatable bonds is 3. The van der Waals surface area contributed by atoms with Crippen LogP contribution in [0.25, 0.3) is 110 Å². The van der Waals surface area contributed by atoms with Crippen LogP contribution < -0.4 is 0 Å². The molecule has 0 saturated heterocycles. The monoisotopic (exact) mass is 722 g/mol. The van der Waals surface area contributed by atoms with E-state index in [1.165, 1.54) is 121 Å². The van der Waals surface area contributed by atoms with Crippen molar-refractivity contribution in [3.8, 4) is 33.6 Å². The van der Waals surface area contributed by atoms with Crippen LogP contribution in [-0.4, -0.2) is 9.13 Å². The number of benzene rings is 10. The Bertz CT molecular complexity index is 3620. The maximum Gasteiger partial charge on any atom is 0.0549 e. The Labute approximate surface area is 329 Å². The predicted octanol–water partition coefficient (Wildman–Crippen LogP) is 14.6. The van der Waals surface area contributed by atoms with E-state index >= 15 is 0 Å². The van der Waals surface area contributed by atoms with Crippen molar-refractivity contribution >= 4 is 75.9 Å². The number of hydrogen-bond donors (Lipinski definition) is 0. The van der Waals surface area contributed by atoms with Gasteiger partial charge in [0.05, 0.1) is 27.8 Å². The number of nitrogens with zero attached hydrogens (tertiary/aromatic N) is 2. The van der Waals surface area contributed by atoms with Crippen molar-refractivity contribution in [2.24, 2.45) is 0 Å². The fourth-order valence-corrected chi connectivity index (χ4v) is 10.4. The molecule has 2 aromatic heterocycles. The van der Waals surface area contributed by atoms with E-state index in [1.54, 1.807) is 0 Å². The quantitative estimate of drug-likeness (QED) is 0.161. The number of hydrogen-bond acceptors (Lipinski definition) is 0. The fraction of sp³-hybridized carbons (Fsp3) is 0.0182. The molecule has 0 saturated carbocycles. The predicted molar refractivity (Wildman–Crippen MR) is 241 cm³/mol. The highest BCUT2D eigenvalue weighted by molar-refractivity contribution is 6.29. The third kappa shape index (κ3) is 4.19. The van der Waals surface area contributed by atoms with Crippen molar-refractivity contribution in [2.45, 2.75) is 6.42 Å². The molecule has 0 fully saturated rings. The highest BCUT2D eigenvalue weighted by Gasteiger charge is 2.27. The molecule has 0 unspecified atom stereocenters. The molecule has 2 heterocycles. The van der Waals surface area contributed by atoms with Crippen LogP contribution in [0, 0.1) is 0 Å². The van der Waals surface area contributed by atoms with Crippen LogP contribution in [0.4, 0.5) is 0 Å². The van der Waals surface area contributed by atoms with Crippen LogP contribution in [0.15, 0.2) is 194 Å². The first-order valence-corrected chi connectivity index (χ1v) is 19.9. The van der Waals surface area contributed by atoms with Gasteiger partial charge in [0.25, 0.3) is 0 Å². The van der Waals surface area contributed by atoms with Gasteiger partial charge in [-0.3, -0.25) is 0 Å². The minimum absolute atomic E-state index is 0.872. The van der Waals surface area contributed by atoms with Crippen LogP contribution in [0.5, 0.6) is 0 Å². The van der Waals surface area contributed by atoms with Crippen molar-refractivity contribution in [1.29, 1.82) is 0 Å². The summed E-state index contributed by atoms with van der Waals surface area (Å²) in [5.74, 6) is 0. The highest BCUT2D eigenvalue weighted by Crippen LogP contribution is 2.48. The zero-order chi connectivity index (χ0) is 37.2. The van der Waals surface area contributed by atoms with Gasteiger partial charge >= 0.3 is 0 Å². The van der Waals surface area contributed by atoms with Gasteiger partial charge in [0.15, 0.2) is 0 Å². The average molecular weight is 723 g/mol. The summed E-state index contributed by atoms with van der Waals surface area (Å²) in [4.78, 5) is 0. The van der Waals surface area contributed by atoms with E-state index in [9.17, 15) is 0 Å². The fourth-order valence-electron chi connectivity index (χ4n) is 10.4. The van der Waals surface area contributed by atoms with E-state index in [0.717, 1.165) is 6.42 Å². The van der Waals surface area contributed by atoms with Crippen LogP contribution in [0.2, 0.25) is 0 Å². The zero-order valence-electron chi connectivity index (χ0n) is 31.1. The Morgan fingerprint density at radius 2 is 0.789 bits per heavy atom. The smallest absolute Gasteiger partial charge is 0.0549 e. The van der Waals surface area contributed by atoms with E-state index in [2.05, 4.69) is 203 Å². The Morgan fingerprint density at radius 3 is 1.46 bits per heavy atom. The molecule has 1 aliphatic carbocycles. The maximum atomic E-state index is 2.54. The van der Waals surface area contributed by atoms with Crippen LogP contribution in [-0.2, 0) is 6.42 Å². The highest BCUT2D eigenvalue weighted by atomic mass is 15.0. The van der Waals surface area contributed by atoms with Crippen LogP contribution in [0.3, 0.4) is 0 Å². The molecule has 57 heavy (non-hydrogen) atoms. The van der Waals surface area contributed by atoms with Gasteiger partial charge in [0.2, 0.25) is 0 Å². The minimum atomic E-state index is 0.872. The summed E-state index contributed by atoms with van der Waals surface area (Å²) in [6.45, 7) is 0. The number of para-hydroxylation sites is 3. The first-order chi connectivity index (χ1) is 28.3. The Morgan fingerprint density at radius 1 is 0.298 bits per heavy atom. The average Bonchev–Trinajstić information content (AvgIpc) is 3.94. The minimum Gasteiger partial charge on any atom is -0.309 e. The Kier molecular flexibility index (Phi) is 6.25. The van der Waals surface area contributed by atoms with Crippen molar-refractivity contribution < 1.29 is 0 Å². The van der Waals surface area contributed by atoms with Gasteiger partial charge in [0.1, 0.15) is 0 Å². The van der Waals surface area contributed by atoms with Gasteiger partial charge in [-0.2, -0.15) is 0 Å². The molecule has 0 bridgehead atoms. The second-order valence-electron chi connectivity index (χ2n) is 15.6. The van der Waals surface area contributed by atoms with E-state index < -0.39 is 0 Å². The Balaban J connectivity index is 1.03. The number of fused-ring (bicyclic) bond motifs is 16. The molecule has 10 aromatic carbocycles. The maximum absolute atomic E-state index is 2.54. The van der Waals surface area contributed by atoms with Crippen molar-refractivity contribution in [3.05, 3.63) is 205 Å². The summed E-state index contributed by atoms with van der Waals surface area (Å²) >= 11 is 0. The van der Waals surface area contributed by atoms with Gasteiger partial charge in [-0.1, -0.05) is 146 Å². The summed E-state index contributed by atoms with van der Waals surface area (Å²) in [6.07, 6.45) is 0.872. The molecule has 1 aliphatic rings. The molecule has 0 aliphatic heterocycles. The molecular weight excluding hydrogens is 689 g/mol. The molecule has 0 spiro atoms. The molecule has 2 heteroatoms. The molecule has 0 N–H and O–H groups in total. The molecule has 13 rings (SSSR count). The van der Waals surface area contributed by atoms with E-state index in [-0.39, 0.29) is 0 Å². The molecule has 0 atom stereocenters. The van der Waals surface area contributed by atoms with Gasteiger partial charge in [-0.25, -0.2) is 0 Å². The lowest BCUT2D eigenvalue weighted by molar-refractivity contribution is 1.12. The molecule has 0 amide bonds. The topological polar surface area (TPSA) is 9.86 Å². The van der Waals surface area contributed by atoms with Crippen LogP contribution >= 0.6 is 0 Å². The molecule has 2 nitrogen and oxygen atoms in total. The van der Waals surface area contributed by atoms with E-state index in [4.69, 9.17) is 0 Å². The van der Waals surface area contributed by atoms with Gasteiger partial charge in [-0.05, 0) is 114 Å². The van der Waals surface area contributed by atoms with Crippen LogP contribution in [0.1, 0.15) is 11.1 Å². The molecular formula is C55H34N2. The number of aromatic nitrogens is 2. The molecule has 264 valence electrons. The standard InChI is InChI=1S/C55H34N2/c1-2-14-35(15-3-1)56-49-25-10-8-20-44(49)54-52(56)30-31-53-55(54)45-21-9-11-26-50(45)57(53)51-27-13-24-42-41-23-12-22-36(47(41)33-48(42)51)34-28-29-43-39-18-5-4-16-37(39)38-17-6-7-19-40(38)46(43)32-34/h1-32H,33H2. The van der Waals surface area contributed by atoms with Gasteiger partial charge < -0.3 is 9.13 Å². The SMILES string of the molecule is c1ccc(-n2c3ccccc3c3c4c5ccccc5n(-c5cccc6c5Cc5c(-c7ccc8c9ccccc9c9ccccc9c8c7)cccc5-6)c4ccc32)cc1. The second-order valence-corrected chi connectivity index (χ2v) is 15.6. The van der Waals surface area contributed by atoms with Gasteiger partial charge in [-0.15, -0.1) is 0 Å². The summed E-state index contributed by atoms with van der Waals surface area (Å²) in [7, 11) is 0. The van der Waals surface area contributed by atoms with Crippen molar-refractivity contribution in [3.63, 3.8) is 0 Å². The molecule has 0 radical (unpaired) electrons. The lowest BCUT2D eigenvalue weighted by Gasteiger charge is -2.14. The summed E-state index contributed by atoms with van der Waals surface area (Å²) in [6, 6.07) is 72.0. The third-order valence-electron chi connectivity index (χ3n) is 12.8. The van der Waals surface area contributed by atoms with Gasteiger partial charge in [0, 0.05) is 33.7 Å². The van der Waals surface area contributed by atoms with E-state index in [1.807, 2.05) is 0 Å². The zero-order valence-corrected chi connectivity index (χ0v) is 31.1. The normalized spacial score (nSPS) is 12.5. The lowest BCUT2D eigenvalue weighted by Crippen LogP contribution is -1.99. The first-order valence-electron chi connectivity index (χ1n) is 19.9. The summed E-state index contributed by atoms with van der Waals surface area (Å²) in [5, 5.41) is 13.0. The largest absolute Gasteiger partial charge is 0.309 e. The first kappa shape index (κ1) is 30.9. The Hall–Kier alpha value is -7.42. The van der Waals surface area contributed by atoms with Crippen molar-refractivity contribution in [2.75, 3.05) is 0 Å². The molecule has 12 aromatic rings. The van der Waals surface area contributed by atoms with Crippen molar-refractivity contribution in [1.82, 2.24) is 9.13 Å². The lowest BCUT2D eigenvalue weighted by atomic mass is 9.90. The summed E-state index contributed by atoms with van der Waals surface area (Å²) in [5.41, 5.74) is 15.4. The third-order valence-corrected chi connectivity index (χ3v) is 12.8. The van der Waals surface area contributed by atoms with E-state index in [0.29, 0.717) is 0 Å². The second kappa shape index (κ2) is 11.6. The summed E-state index contributed by atoms with van der Waals surface area (Å²) < 4.78 is 4.96.